The molecule has 1 aromatic heterocycles. The predicted molar refractivity (Wildman–Crippen MR) is 74.5 cm³/mol. The van der Waals surface area contributed by atoms with E-state index in [0.29, 0.717) is 11.7 Å². The Balaban J connectivity index is 1.73. The Hall–Kier alpha value is -1.40. The molecule has 6 heteroatoms. The van der Waals surface area contributed by atoms with Crippen LogP contribution in [-0.2, 0) is 11.8 Å². The van der Waals surface area contributed by atoms with Gasteiger partial charge in [0.15, 0.2) is 0 Å². The number of morpholine rings is 1. The van der Waals surface area contributed by atoms with Crippen molar-refractivity contribution in [3.63, 3.8) is 0 Å². The van der Waals surface area contributed by atoms with Crippen molar-refractivity contribution in [2.75, 3.05) is 32.8 Å². The molecule has 0 bridgehead atoms. The van der Waals surface area contributed by atoms with E-state index in [1.807, 2.05) is 11.9 Å². The van der Waals surface area contributed by atoms with E-state index in [-0.39, 0.29) is 12.0 Å². The summed E-state index contributed by atoms with van der Waals surface area (Å²) in [6.07, 6.45) is 2.87. The number of hydrogen-bond acceptors (Lipinski definition) is 4. The molecule has 0 aliphatic carbocycles. The standard InChI is InChI=1S/C14H22N4O2/c1-3-17-8-9-20-13-5-7-18(10-12(13)17)14(19)11-4-6-15-16(11)2/h4,6,12-13H,3,5,7-10H2,1-2H3/t12-,13-/m0/s1. The van der Waals surface area contributed by atoms with E-state index in [1.54, 1.807) is 16.9 Å². The topological polar surface area (TPSA) is 50.6 Å². The second-order valence-corrected chi connectivity index (χ2v) is 5.49. The molecule has 2 atom stereocenters. The van der Waals surface area contributed by atoms with Gasteiger partial charge in [-0.3, -0.25) is 14.4 Å². The Morgan fingerprint density at radius 3 is 3.05 bits per heavy atom. The van der Waals surface area contributed by atoms with Crippen LogP contribution in [0.2, 0.25) is 0 Å². The van der Waals surface area contributed by atoms with Crippen molar-refractivity contribution in [3.05, 3.63) is 18.0 Å². The summed E-state index contributed by atoms with van der Waals surface area (Å²) in [6.45, 7) is 6.48. The van der Waals surface area contributed by atoms with Gasteiger partial charge in [-0.1, -0.05) is 6.92 Å². The third-order valence-corrected chi connectivity index (χ3v) is 4.43. The molecule has 6 nitrogen and oxygen atoms in total. The minimum absolute atomic E-state index is 0.0741. The summed E-state index contributed by atoms with van der Waals surface area (Å²) in [4.78, 5) is 16.9. The number of amides is 1. The predicted octanol–water partition coefficient (Wildman–Crippen LogP) is 0.355. The molecule has 20 heavy (non-hydrogen) atoms. The number of nitrogens with zero attached hydrogens (tertiary/aromatic N) is 4. The molecule has 0 saturated carbocycles. The number of piperidine rings is 1. The first-order valence-corrected chi connectivity index (χ1v) is 7.33. The average Bonchev–Trinajstić information content (AvgIpc) is 2.91. The fourth-order valence-electron chi connectivity index (χ4n) is 3.27. The van der Waals surface area contributed by atoms with Crippen LogP contribution < -0.4 is 0 Å². The second kappa shape index (κ2) is 5.54. The number of fused-ring (bicyclic) bond motifs is 1. The summed E-state index contributed by atoms with van der Waals surface area (Å²) < 4.78 is 7.50. The number of rotatable bonds is 2. The monoisotopic (exact) mass is 278 g/mol. The highest BCUT2D eigenvalue weighted by molar-refractivity contribution is 5.92. The van der Waals surface area contributed by atoms with Crippen LogP contribution in [0.15, 0.2) is 12.3 Å². The van der Waals surface area contributed by atoms with Crippen LogP contribution in [0.4, 0.5) is 0 Å². The molecular weight excluding hydrogens is 256 g/mol. The van der Waals surface area contributed by atoms with E-state index in [9.17, 15) is 4.79 Å². The molecule has 2 aliphatic heterocycles. The number of ether oxygens (including phenoxy) is 1. The van der Waals surface area contributed by atoms with Gasteiger partial charge in [0.2, 0.25) is 0 Å². The second-order valence-electron chi connectivity index (χ2n) is 5.49. The van der Waals surface area contributed by atoms with Gasteiger partial charge >= 0.3 is 0 Å². The molecule has 2 fully saturated rings. The molecule has 0 unspecified atom stereocenters. The number of carbonyl (C=O) groups excluding carboxylic acids is 1. The molecule has 0 radical (unpaired) electrons. The molecule has 3 rings (SSSR count). The molecule has 2 aliphatic rings. The molecular formula is C14H22N4O2. The Morgan fingerprint density at radius 2 is 2.35 bits per heavy atom. The van der Waals surface area contributed by atoms with E-state index in [2.05, 4.69) is 16.9 Å². The third-order valence-electron chi connectivity index (χ3n) is 4.43. The van der Waals surface area contributed by atoms with E-state index >= 15 is 0 Å². The van der Waals surface area contributed by atoms with Gasteiger partial charge in [0.05, 0.1) is 18.8 Å². The molecule has 1 aromatic rings. The normalized spacial score (nSPS) is 27.4. The Labute approximate surface area is 119 Å². The summed E-state index contributed by atoms with van der Waals surface area (Å²) in [5.74, 6) is 0.0741. The maximum atomic E-state index is 12.6. The van der Waals surface area contributed by atoms with Gasteiger partial charge in [0.1, 0.15) is 5.69 Å². The van der Waals surface area contributed by atoms with Crippen molar-refractivity contribution < 1.29 is 9.53 Å². The number of hydrogen-bond donors (Lipinski definition) is 0. The van der Waals surface area contributed by atoms with Crippen molar-refractivity contribution >= 4 is 5.91 Å². The number of likely N-dealkylation sites (tertiary alicyclic amines) is 1. The fraction of sp³-hybridized carbons (Fsp3) is 0.714. The van der Waals surface area contributed by atoms with Gasteiger partial charge in [-0.25, -0.2) is 0 Å². The van der Waals surface area contributed by atoms with E-state index in [1.165, 1.54) is 0 Å². The summed E-state index contributed by atoms with van der Waals surface area (Å²) in [5.41, 5.74) is 0.656. The zero-order chi connectivity index (χ0) is 14.1. The van der Waals surface area contributed by atoms with Crippen LogP contribution >= 0.6 is 0 Å². The lowest BCUT2D eigenvalue weighted by atomic mass is 9.98. The minimum Gasteiger partial charge on any atom is -0.375 e. The zero-order valence-corrected chi connectivity index (χ0v) is 12.2. The maximum Gasteiger partial charge on any atom is 0.272 e. The van der Waals surface area contributed by atoms with Crippen LogP contribution in [-0.4, -0.2) is 70.4 Å². The van der Waals surface area contributed by atoms with Crippen LogP contribution in [0.1, 0.15) is 23.8 Å². The lowest BCUT2D eigenvalue weighted by Crippen LogP contribution is -2.60. The van der Waals surface area contributed by atoms with Crippen molar-refractivity contribution in [2.24, 2.45) is 7.05 Å². The lowest BCUT2D eigenvalue weighted by molar-refractivity contribution is -0.0962. The van der Waals surface area contributed by atoms with Crippen molar-refractivity contribution in [1.82, 2.24) is 19.6 Å². The van der Waals surface area contributed by atoms with Crippen LogP contribution in [0.3, 0.4) is 0 Å². The molecule has 0 spiro atoms. The van der Waals surface area contributed by atoms with Crippen LogP contribution in [0, 0.1) is 0 Å². The first-order valence-electron chi connectivity index (χ1n) is 7.33. The molecule has 1 amide bonds. The fourth-order valence-corrected chi connectivity index (χ4v) is 3.27. The smallest absolute Gasteiger partial charge is 0.272 e. The Kier molecular flexibility index (Phi) is 3.76. The van der Waals surface area contributed by atoms with Gasteiger partial charge in [-0.15, -0.1) is 0 Å². The summed E-state index contributed by atoms with van der Waals surface area (Å²) >= 11 is 0. The summed E-state index contributed by atoms with van der Waals surface area (Å²) in [5, 5.41) is 4.08. The van der Waals surface area contributed by atoms with Gasteiger partial charge in [-0.05, 0) is 19.0 Å². The Bertz CT molecular complexity index is 481. The molecule has 0 aromatic carbocycles. The molecule has 3 heterocycles. The van der Waals surface area contributed by atoms with E-state index in [4.69, 9.17) is 4.74 Å². The first-order chi connectivity index (χ1) is 9.70. The van der Waals surface area contributed by atoms with Crippen molar-refractivity contribution in [2.45, 2.75) is 25.5 Å². The van der Waals surface area contributed by atoms with Crippen LogP contribution in [0.5, 0.6) is 0 Å². The summed E-state index contributed by atoms with van der Waals surface area (Å²) in [7, 11) is 1.81. The number of aromatic nitrogens is 2. The highest BCUT2D eigenvalue weighted by Crippen LogP contribution is 2.23. The highest BCUT2D eigenvalue weighted by atomic mass is 16.5. The van der Waals surface area contributed by atoms with E-state index in [0.717, 1.165) is 39.2 Å². The maximum absolute atomic E-state index is 12.6. The average molecular weight is 278 g/mol. The van der Waals surface area contributed by atoms with Gasteiger partial charge in [0, 0.05) is 32.9 Å². The quantitative estimate of drug-likeness (QED) is 0.783. The molecule has 2 saturated heterocycles. The van der Waals surface area contributed by atoms with Gasteiger partial charge in [0.25, 0.3) is 5.91 Å². The molecule has 110 valence electrons. The zero-order valence-electron chi connectivity index (χ0n) is 12.2. The first kappa shape index (κ1) is 13.6. The third kappa shape index (κ3) is 2.33. The molecule has 0 N–H and O–H groups in total. The van der Waals surface area contributed by atoms with E-state index < -0.39 is 0 Å². The number of aryl methyl sites for hydroxylation is 1. The minimum atomic E-state index is 0.0741. The van der Waals surface area contributed by atoms with Gasteiger partial charge < -0.3 is 9.64 Å². The number of likely N-dealkylation sites (N-methyl/N-ethyl adjacent to an activating group) is 1. The highest BCUT2D eigenvalue weighted by Gasteiger charge is 2.38. The number of carbonyl (C=O) groups is 1. The van der Waals surface area contributed by atoms with Gasteiger partial charge in [-0.2, -0.15) is 5.10 Å². The summed E-state index contributed by atoms with van der Waals surface area (Å²) in [6, 6.07) is 2.11. The van der Waals surface area contributed by atoms with Crippen molar-refractivity contribution in [1.29, 1.82) is 0 Å². The van der Waals surface area contributed by atoms with Crippen molar-refractivity contribution in [3.8, 4) is 0 Å². The largest absolute Gasteiger partial charge is 0.375 e. The lowest BCUT2D eigenvalue weighted by Gasteiger charge is -2.46. The van der Waals surface area contributed by atoms with Crippen LogP contribution in [0.25, 0.3) is 0 Å². The Morgan fingerprint density at radius 1 is 1.50 bits per heavy atom. The SMILES string of the molecule is CCN1CCO[C@H]2CCN(C(=O)c3ccnn3C)C[C@@H]21.